The van der Waals surface area contributed by atoms with E-state index in [-0.39, 0.29) is 26.1 Å². The molecule has 0 saturated carbocycles. The van der Waals surface area contributed by atoms with Crippen molar-refractivity contribution in [3.05, 3.63) is 0 Å². The maximum Gasteiger partial charge on any atom is 0.251 e. The Hall–Kier alpha value is -0.310. The van der Waals surface area contributed by atoms with Crippen molar-refractivity contribution in [2.45, 2.75) is 17.6 Å². The van der Waals surface area contributed by atoms with Gasteiger partial charge in [0.25, 0.3) is 9.05 Å². The molecular formula is C6H8ClNO3S. The minimum atomic E-state index is -3.81. The first-order valence-corrected chi connectivity index (χ1v) is 5.76. The lowest BCUT2D eigenvalue weighted by Crippen LogP contribution is -2.39. The summed E-state index contributed by atoms with van der Waals surface area (Å²) >= 11 is 0. The monoisotopic (exact) mass is 209 g/mol. The van der Waals surface area contributed by atoms with Crippen molar-refractivity contribution in [3.63, 3.8) is 0 Å². The first-order chi connectivity index (χ1) is 5.52. The molecule has 0 aromatic carbocycles. The van der Waals surface area contributed by atoms with Gasteiger partial charge in [0.1, 0.15) is 0 Å². The van der Waals surface area contributed by atoms with Gasteiger partial charge in [0.15, 0.2) is 4.75 Å². The van der Waals surface area contributed by atoms with Gasteiger partial charge in [-0.25, -0.2) is 8.42 Å². The van der Waals surface area contributed by atoms with Gasteiger partial charge in [-0.1, -0.05) is 0 Å². The van der Waals surface area contributed by atoms with Crippen LogP contribution >= 0.6 is 10.7 Å². The SMILES string of the molecule is N#CC1(S(=O)(=O)Cl)CCOCC1. The van der Waals surface area contributed by atoms with E-state index >= 15 is 0 Å². The van der Waals surface area contributed by atoms with Gasteiger partial charge < -0.3 is 4.74 Å². The molecule has 0 N–H and O–H groups in total. The molecule has 1 rings (SSSR count). The van der Waals surface area contributed by atoms with Crippen molar-refractivity contribution >= 4 is 19.7 Å². The third kappa shape index (κ3) is 1.56. The topological polar surface area (TPSA) is 67.2 Å². The number of ether oxygens (including phenoxy) is 1. The molecule has 1 heterocycles. The summed E-state index contributed by atoms with van der Waals surface area (Å²) in [5.41, 5.74) is 0. The van der Waals surface area contributed by atoms with Crippen LogP contribution in [0.5, 0.6) is 0 Å². The predicted octanol–water partition coefficient (Wildman–Crippen LogP) is 0.628. The smallest absolute Gasteiger partial charge is 0.251 e. The normalized spacial score (nSPS) is 23.0. The van der Waals surface area contributed by atoms with Gasteiger partial charge in [0, 0.05) is 36.7 Å². The fourth-order valence-corrected chi connectivity index (χ4v) is 2.44. The molecule has 0 radical (unpaired) electrons. The molecule has 0 aromatic rings. The molecule has 1 fully saturated rings. The van der Waals surface area contributed by atoms with Gasteiger partial charge >= 0.3 is 0 Å². The van der Waals surface area contributed by atoms with Crippen LogP contribution in [0, 0.1) is 11.3 Å². The van der Waals surface area contributed by atoms with E-state index in [1.165, 1.54) is 0 Å². The second kappa shape index (κ2) is 3.21. The molecule has 0 aliphatic carbocycles. The van der Waals surface area contributed by atoms with Crippen LogP contribution in [0.3, 0.4) is 0 Å². The lowest BCUT2D eigenvalue weighted by molar-refractivity contribution is 0.0868. The second-order valence-electron chi connectivity index (χ2n) is 2.66. The summed E-state index contributed by atoms with van der Waals surface area (Å²) in [4.78, 5) is 0. The van der Waals surface area contributed by atoms with Gasteiger partial charge in [-0.05, 0) is 0 Å². The van der Waals surface area contributed by atoms with Gasteiger partial charge in [-0.2, -0.15) is 5.26 Å². The maximum absolute atomic E-state index is 11.0. The maximum atomic E-state index is 11.0. The van der Waals surface area contributed by atoms with E-state index in [1.807, 2.05) is 0 Å². The number of nitriles is 1. The molecular weight excluding hydrogens is 202 g/mol. The third-order valence-corrected chi connectivity index (χ3v) is 4.29. The molecule has 6 heteroatoms. The van der Waals surface area contributed by atoms with Gasteiger partial charge in [-0.15, -0.1) is 0 Å². The fraction of sp³-hybridized carbons (Fsp3) is 0.833. The minimum Gasteiger partial charge on any atom is -0.381 e. The Labute approximate surface area is 75.5 Å². The molecule has 12 heavy (non-hydrogen) atoms. The van der Waals surface area contributed by atoms with Crippen LogP contribution in [0.4, 0.5) is 0 Å². The number of halogens is 1. The largest absolute Gasteiger partial charge is 0.381 e. The minimum absolute atomic E-state index is 0.162. The molecule has 1 saturated heterocycles. The van der Waals surface area contributed by atoms with Crippen LogP contribution < -0.4 is 0 Å². The van der Waals surface area contributed by atoms with Crippen molar-refractivity contribution in [3.8, 4) is 6.07 Å². The number of nitrogens with zero attached hydrogens (tertiary/aromatic N) is 1. The first-order valence-electron chi connectivity index (χ1n) is 3.45. The molecule has 0 amide bonds. The van der Waals surface area contributed by atoms with E-state index in [0.29, 0.717) is 0 Å². The average Bonchev–Trinajstić information content (AvgIpc) is 2.04. The summed E-state index contributed by atoms with van der Waals surface area (Å²) in [5.74, 6) is 0. The molecule has 0 aromatic heterocycles. The highest BCUT2D eigenvalue weighted by atomic mass is 35.7. The summed E-state index contributed by atoms with van der Waals surface area (Å²) < 4.78 is 25.6. The number of hydrogen-bond donors (Lipinski definition) is 0. The van der Waals surface area contributed by atoms with E-state index in [4.69, 9.17) is 20.7 Å². The lowest BCUT2D eigenvalue weighted by Gasteiger charge is -2.26. The van der Waals surface area contributed by atoms with E-state index in [2.05, 4.69) is 0 Å². The number of hydrogen-bond acceptors (Lipinski definition) is 4. The molecule has 4 nitrogen and oxygen atoms in total. The van der Waals surface area contributed by atoms with Crippen LogP contribution in [-0.2, 0) is 13.8 Å². The lowest BCUT2D eigenvalue weighted by atomic mass is 10.0. The van der Waals surface area contributed by atoms with Gasteiger partial charge in [0.05, 0.1) is 6.07 Å². The molecule has 0 spiro atoms. The van der Waals surface area contributed by atoms with E-state index in [9.17, 15) is 8.42 Å². The van der Waals surface area contributed by atoms with Crippen molar-refractivity contribution in [1.29, 1.82) is 5.26 Å². The molecule has 0 unspecified atom stereocenters. The second-order valence-corrected chi connectivity index (χ2v) is 5.53. The van der Waals surface area contributed by atoms with Crippen LogP contribution in [0.2, 0.25) is 0 Å². The molecule has 0 bridgehead atoms. The third-order valence-electron chi connectivity index (χ3n) is 1.97. The van der Waals surface area contributed by atoms with Crippen LogP contribution in [0.25, 0.3) is 0 Å². The van der Waals surface area contributed by atoms with E-state index in [1.54, 1.807) is 6.07 Å². The highest BCUT2D eigenvalue weighted by Gasteiger charge is 2.44. The van der Waals surface area contributed by atoms with E-state index < -0.39 is 13.8 Å². The standard InChI is InChI=1S/C6H8ClNO3S/c7-12(9,10)6(5-8)1-3-11-4-2-6/h1-4H2. The molecule has 1 aliphatic rings. The van der Waals surface area contributed by atoms with Crippen LogP contribution in [0.15, 0.2) is 0 Å². The predicted molar refractivity (Wildman–Crippen MR) is 43.2 cm³/mol. The summed E-state index contributed by atoms with van der Waals surface area (Å²) in [7, 11) is 1.36. The molecule has 1 aliphatic heterocycles. The summed E-state index contributed by atoms with van der Waals surface area (Å²) in [6, 6.07) is 1.76. The van der Waals surface area contributed by atoms with Crippen molar-refractivity contribution < 1.29 is 13.2 Å². The number of rotatable bonds is 1. The zero-order valence-corrected chi connectivity index (χ0v) is 7.86. The van der Waals surface area contributed by atoms with Gasteiger partial charge in [0.2, 0.25) is 0 Å². The zero-order valence-electron chi connectivity index (χ0n) is 6.29. The van der Waals surface area contributed by atoms with Crippen molar-refractivity contribution in [2.75, 3.05) is 13.2 Å². The summed E-state index contributed by atoms with van der Waals surface area (Å²) in [6.45, 7) is 0.555. The Balaban J connectivity index is 2.99. The molecule has 68 valence electrons. The quantitative estimate of drug-likeness (QED) is 0.594. The highest BCUT2D eigenvalue weighted by Crippen LogP contribution is 2.31. The Bertz CT molecular complexity index is 299. The highest BCUT2D eigenvalue weighted by molar-refractivity contribution is 8.15. The zero-order chi connectivity index (χ0) is 9.24. The van der Waals surface area contributed by atoms with E-state index in [0.717, 1.165) is 0 Å². The van der Waals surface area contributed by atoms with Crippen molar-refractivity contribution in [2.24, 2.45) is 0 Å². The van der Waals surface area contributed by atoms with Crippen molar-refractivity contribution in [1.82, 2.24) is 0 Å². The Kier molecular flexibility index (Phi) is 2.61. The Morgan fingerprint density at radius 2 is 1.92 bits per heavy atom. The average molecular weight is 210 g/mol. The Morgan fingerprint density at radius 3 is 2.17 bits per heavy atom. The van der Waals surface area contributed by atoms with Gasteiger partial charge in [-0.3, -0.25) is 0 Å². The fourth-order valence-electron chi connectivity index (χ4n) is 1.11. The Morgan fingerprint density at radius 1 is 1.42 bits per heavy atom. The first kappa shape index (κ1) is 9.78. The summed E-state index contributed by atoms with van der Waals surface area (Å²) in [6.07, 6.45) is 0.324. The molecule has 0 atom stereocenters. The van der Waals surface area contributed by atoms with Crippen LogP contribution in [-0.4, -0.2) is 26.4 Å². The van der Waals surface area contributed by atoms with Crippen LogP contribution in [0.1, 0.15) is 12.8 Å². The summed E-state index contributed by atoms with van der Waals surface area (Å²) in [5, 5.41) is 8.71.